The van der Waals surface area contributed by atoms with Crippen molar-refractivity contribution in [2.45, 2.75) is 59.3 Å². The minimum Gasteiger partial charge on any atom is -0.0654 e. The molecule has 0 aliphatic heterocycles. The van der Waals surface area contributed by atoms with Gasteiger partial charge in [-0.05, 0) is 17.8 Å². The lowest BCUT2D eigenvalue weighted by Crippen LogP contribution is -2.16. The molecule has 1 aliphatic rings. The molecule has 1 aliphatic carbocycles. The smallest absolute Gasteiger partial charge is 0.0386 e. The van der Waals surface area contributed by atoms with Crippen molar-refractivity contribution in [2.24, 2.45) is 17.8 Å². The van der Waals surface area contributed by atoms with Crippen LogP contribution < -0.4 is 0 Å². The molecule has 0 aromatic rings. The number of hydrogen-bond acceptors (Lipinski definition) is 0. The van der Waals surface area contributed by atoms with E-state index in [1.807, 2.05) is 0 Å². The van der Waals surface area contributed by atoms with Gasteiger partial charge in [0.15, 0.2) is 0 Å². The molecule has 0 aromatic carbocycles. The van der Waals surface area contributed by atoms with Crippen LogP contribution in [0.5, 0.6) is 0 Å². The Morgan fingerprint density at radius 2 is 1.75 bits per heavy atom. The van der Waals surface area contributed by atoms with E-state index in [9.17, 15) is 0 Å². The van der Waals surface area contributed by atoms with Crippen molar-refractivity contribution in [2.75, 3.05) is 0 Å². The molecule has 3 atom stereocenters. The van der Waals surface area contributed by atoms with Gasteiger partial charge in [0.1, 0.15) is 0 Å². The molecular formula is C12H24. The van der Waals surface area contributed by atoms with E-state index in [0.29, 0.717) is 0 Å². The maximum absolute atomic E-state index is 2.47. The predicted octanol–water partition coefficient (Wildman–Crippen LogP) is 4.25. The third-order valence-corrected chi connectivity index (χ3v) is 3.78. The summed E-state index contributed by atoms with van der Waals surface area (Å²) in [6.45, 7) is 7.23. The summed E-state index contributed by atoms with van der Waals surface area (Å²) in [5.41, 5.74) is 0. The fourth-order valence-electron chi connectivity index (χ4n) is 2.64. The van der Waals surface area contributed by atoms with Crippen molar-refractivity contribution >= 4 is 0 Å². The van der Waals surface area contributed by atoms with E-state index in [1.165, 1.54) is 38.5 Å². The van der Waals surface area contributed by atoms with E-state index in [2.05, 4.69) is 20.8 Å². The molecule has 0 spiro atoms. The highest BCUT2D eigenvalue weighted by Gasteiger charge is 2.24. The van der Waals surface area contributed by atoms with Crippen LogP contribution in [0.2, 0.25) is 0 Å². The summed E-state index contributed by atoms with van der Waals surface area (Å²) in [6.07, 6.45) is 8.78. The Morgan fingerprint density at radius 3 is 2.42 bits per heavy atom. The molecule has 1 saturated carbocycles. The molecule has 72 valence electrons. The SMILES string of the molecule is CCCC1CCCCC(C)C1C. The first-order valence-electron chi connectivity index (χ1n) is 5.75. The zero-order valence-electron chi connectivity index (χ0n) is 8.97. The lowest BCUT2D eigenvalue weighted by Gasteiger charge is -2.25. The van der Waals surface area contributed by atoms with E-state index >= 15 is 0 Å². The lowest BCUT2D eigenvalue weighted by molar-refractivity contribution is 0.250. The van der Waals surface area contributed by atoms with Crippen molar-refractivity contribution in [3.63, 3.8) is 0 Å². The van der Waals surface area contributed by atoms with Crippen molar-refractivity contribution in [1.29, 1.82) is 0 Å². The summed E-state index contributed by atoms with van der Waals surface area (Å²) in [5.74, 6) is 2.99. The van der Waals surface area contributed by atoms with Gasteiger partial charge >= 0.3 is 0 Å². The summed E-state index contributed by atoms with van der Waals surface area (Å²) in [7, 11) is 0. The van der Waals surface area contributed by atoms with Crippen LogP contribution in [0.3, 0.4) is 0 Å². The van der Waals surface area contributed by atoms with Crippen LogP contribution in [0.25, 0.3) is 0 Å². The maximum Gasteiger partial charge on any atom is -0.0386 e. The zero-order chi connectivity index (χ0) is 8.97. The Balaban J connectivity index is 2.46. The predicted molar refractivity (Wildman–Crippen MR) is 55.2 cm³/mol. The summed E-state index contributed by atoms with van der Waals surface area (Å²) in [6, 6.07) is 0. The Hall–Kier alpha value is 0. The molecule has 0 radical (unpaired) electrons. The first kappa shape index (κ1) is 10.1. The Labute approximate surface area is 77.7 Å². The van der Waals surface area contributed by atoms with Crippen LogP contribution in [-0.2, 0) is 0 Å². The molecule has 0 amide bonds. The van der Waals surface area contributed by atoms with Crippen LogP contribution in [0, 0.1) is 17.8 Å². The molecule has 0 heteroatoms. The molecular weight excluding hydrogens is 144 g/mol. The van der Waals surface area contributed by atoms with Crippen molar-refractivity contribution < 1.29 is 0 Å². The average Bonchev–Trinajstić information content (AvgIpc) is 2.20. The summed E-state index contributed by atoms with van der Waals surface area (Å²) < 4.78 is 0. The van der Waals surface area contributed by atoms with E-state index in [-0.39, 0.29) is 0 Å². The van der Waals surface area contributed by atoms with Crippen molar-refractivity contribution in [3.8, 4) is 0 Å². The molecule has 3 unspecified atom stereocenters. The first-order chi connectivity index (χ1) is 5.75. The lowest BCUT2D eigenvalue weighted by atomic mass is 9.81. The standard InChI is InChI=1S/C12H24/c1-4-7-12-9-6-5-8-10(2)11(12)3/h10-12H,4-9H2,1-3H3. The van der Waals surface area contributed by atoms with E-state index in [1.54, 1.807) is 0 Å². The van der Waals surface area contributed by atoms with Crippen molar-refractivity contribution in [1.82, 2.24) is 0 Å². The second-order valence-electron chi connectivity index (χ2n) is 4.67. The zero-order valence-corrected chi connectivity index (χ0v) is 8.97. The highest BCUT2D eigenvalue weighted by molar-refractivity contribution is 4.74. The first-order valence-corrected chi connectivity index (χ1v) is 5.75. The van der Waals surface area contributed by atoms with Gasteiger partial charge in [0.05, 0.1) is 0 Å². The summed E-state index contributed by atoms with van der Waals surface area (Å²) in [5, 5.41) is 0. The van der Waals surface area contributed by atoms with Gasteiger partial charge in [-0.25, -0.2) is 0 Å². The monoisotopic (exact) mass is 168 g/mol. The Kier molecular flexibility index (Phi) is 4.11. The van der Waals surface area contributed by atoms with Crippen LogP contribution in [0.15, 0.2) is 0 Å². The summed E-state index contributed by atoms with van der Waals surface area (Å²) >= 11 is 0. The Morgan fingerprint density at radius 1 is 1.08 bits per heavy atom. The minimum absolute atomic E-state index is 0.976. The van der Waals surface area contributed by atoms with Gasteiger partial charge in [0, 0.05) is 0 Å². The van der Waals surface area contributed by atoms with Gasteiger partial charge in [-0.1, -0.05) is 59.3 Å². The molecule has 0 saturated heterocycles. The number of hydrogen-bond donors (Lipinski definition) is 0. The number of rotatable bonds is 2. The van der Waals surface area contributed by atoms with E-state index < -0.39 is 0 Å². The highest BCUT2D eigenvalue weighted by Crippen LogP contribution is 2.35. The highest BCUT2D eigenvalue weighted by atomic mass is 14.3. The van der Waals surface area contributed by atoms with Gasteiger partial charge in [0.25, 0.3) is 0 Å². The quantitative estimate of drug-likeness (QED) is 0.541. The van der Waals surface area contributed by atoms with Crippen LogP contribution in [0.1, 0.15) is 59.3 Å². The van der Waals surface area contributed by atoms with Crippen LogP contribution in [0.4, 0.5) is 0 Å². The van der Waals surface area contributed by atoms with Gasteiger partial charge < -0.3 is 0 Å². The molecule has 1 fully saturated rings. The third kappa shape index (κ3) is 2.50. The molecule has 0 N–H and O–H groups in total. The van der Waals surface area contributed by atoms with E-state index in [0.717, 1.165) is 17.8 Å². The molecule has 12 heavy (non-hydrogen) atoms. The van der Waals surface area contributed by atoms with Crippen LogP contribution >= 0.6 is 0 Å². The van der Waals surface area contributed by atoms with Gasteiger partial charge in [-0.2, -0.15) is 0 Å². The molecule has 0 bridgehead atoms. The molecule has 1 rings (SSSR count). The molecule has 0 aromatic heterocycles. The second-order valence-corrected chi connectivity index (χ2v) is 4.67. The van der Waals surface area contributed by atoms with Gasteiger partial charge in [0.2, 0.25) is 0 Å². The fraction of sp³-hybridized carbons (Fsp3) is 1.00. The second kappa shape index (κ2) is 4.89. The maximum atomic E-state index is 2.47. The fourth-order valence-corrected chi connectivity index (χ4v) is 2.64. The molecule has 0 heterocycles. The summed E-state index contributed by atoms with van der Waals surface area (Å²) in [4.78, 5) is 0. The third-order valence-electron chi connectivity index (χ3n) is 3.78. The average molecular weight is 168 g/mol. The molecule has 0 nitrogen and oxygen atoms in total. The largest absolute Gasteiger partial charge is 0.0654 e. The van der Waals surface area contributed by atoms with Crippen molar-refractivity contribution in [3.05, 3.63) is 0 Å². The topological polar surface area (TPSA) is 0 Å². The van der Waals surface area contributed by atoms with Gasteiger partial charge in [-0.3, -0.25) is 0 Å². The van der Waals surface area contributed by atoms with Gasteiger partial charge in [-0.15, -0.1) is 0 Å². The van der Waals surface area contributed by atoms with E-state index in [4.69, 9.17) is 0 Å². The normalized spacial score (nSPS) is 37.8. The Bertz CT molecular complexity index is 117. The van der Waals surface area contributed by atoms with Crippen LogP contribution in [-0.4, -0.2) is 0 Å². The minimum atomic E-state index is 0.976.